The Hall–Kier alpha value is -1.02. The number of rotatable bonds is 1. The van der Waals surface area contributed by atoms with Crippen molar-refractivity contribution in [2.75, 3.05) is 24.5 Å². The number of nitrogens with zero attached hydrogens (tertiary/aromatic N) is 1. The van der Waals surface area contributed by atoms with Crippen molar-refractivity contribution in [1.82, 2.24) is 5.32 Å². The van der Waals surface area contributed by atoms with Crippen molar-refractivity contribution in [3.8, 4) is 0 Å². The first-order valence-corrected chi connectivity index (χ1v) is 5.36. The molecule has 2 heteroatoms. The van der Waals surface area contributed by atoms with Gasteiger partial charge in [0.15, 0.2) is 0 Å². The maximum atomic E-state index is 3.45. The van der Waals surface area contributed by atoms with Gasteiger partial charge in [-0.1, -0.05) is 12.1 Å². The second-order valence-corrected chi connectivity index (χ2v) is 3.89. The van der Waals surface area contributed by atoms with Crippen molar-refractivity contribution >= 4 is 5.69 Å². The Labute approximate surface area is 85.9 Å². The van der Waals surface area contributed by atoms with Crippen molar-refractivity contribution in [3.63, 3.8) is 0 Å². The minimum atomic E-state index is 1.01. The minimum Gasteiger partial charge on any atom is -0.370 e. The van der Waals surface area contributed by atoms with Gasteiger partial charge in [0.2, 0.25) is 0 Å². The monoisotopic (exact) mass is 190 g/mol. The standard InChI is InChI=1S/C12H18N2/c1-3-14-7-6-13-9-11-5-4-10(2)8-12(11)14/h4-5,8,13H,3,6-7,9H2,1-2H3. The van der Waals surface area contributed by atoms with Crippen LogP contribution in [-0.4, -0.2) is 19.6 Å². The lowest BCUT2D eigenvalue weighted by Crippen LogP contribution is -2.28. The molecule has 0 amide bonds. The van der Waals surface area contributed by atoms with Crippen molar-refractivity contribution in [3.05, 3.63) is 29.3 Å². The van der Waals surface area contributed by atoms with E-state index in [0.29, 0.717) is 0 Å². The van der Waals surface area contributed by atoms with E-state index >= 15 is 0 Å². The van der Waals surface area contributed by atoms with E-state index in [0.717, 1.165) is 26.2 Å². The lowest BCUT2D eigenvalue weighted by Gasteiger charge is -2.23. The van der Waals surface area contributed by atoms with Crippen molar-refractivity contribution in [2.24, 2.45) is 0 Å². The highest BCUT2D eigenvalue weighted by molar-refractivity contribution is 5.56. The van der Waals surface area contributed by atoms with Crippen molar-refractivity contribution in [2.45, 2.75) is 20.4 Å². The highest BCUT2D eigenvalue weighted by atomic mass is 15.2. The number of likely N-dealkylation sites (N-methyl/N-ethyl adjacent to an activating group) is 1. The van der Waals surface area contributed by atoms with Gasteiger partial charge in [0.25, 0.3) is 0 Å². The summed E-state index contributed by atoms with van der Waals surface area (Å²) in [5, 5.41) is 3.45. The largest absolute Gasteiger partial charge is 0.370 e. The van der Waals surface area contributed by atoms with Crippen LogP contribution in [0.2, 0.25) is 0 Å². The molecule has 1 N–H and O–H groups in total. The van der Waals surface area contributed by atoms with Gasteiger partial charge in [-0.3, -0.25) is 0 Å². The molecule has 1 aromatic rings. The third-order valence-electron chi connectivity index (χ3n) is 2.84. The van der Waals surface area contributed by atoms with Gasteiger partial charge < -0.3 is 10.2 Å². The normalized spacial score (nSPS) is 16.3. The molecule has 76 valence electrons. The smallest absolute Gasteiger partial charge is 0.0414 e. The molecule has 1 heterocycles. The predicted octanol–water partition coefficient (Wildman–Crippen LogP) is 1.92. The first-order valence-electron chi connectivity index (χ1n) is 5.36. The zero-order chi connectivity index (χ0) is 9.97. The Kier molecular flexibility index (Phi) is 2.73. The molecule has 0 saturated carbocycles. The van der Waals surface area contributed by atoms with Crippen LogP contribution in [0.15, 0.2) is 18.2 Å². The molecular formula is C12H18N2. The maximum absolute atomic E-state index is 3.45. The van der Waals surface area contributed by atoms with E-state index < -0.39 is 0 Å². The SMILES string of the molecule is CCN1CCNCc2ccc(C)cc21. The fourth-order valence-electron chi connectivity index (χ4n) is 2.00. The predicted molar refractivity (Wildman–Crippen MR) is 60.8 cm³/mol. The molecule has 1 aromatic carbocycles. The molecule has 0 fully saturated rings. The average molecular weight is 190 g/mol. The summed E-state index contributed by atoms with van der Waals surface area (Å²) in [6.45, 7) is 8.68. The molecule has 1 aliphatic heterocycles. The van der Waals surface area contributed by atoms with E-state index in [1.807, 2.05) is 0 Å². The van der Waals surface area contributed by atoms with Crippen LogP contribution < -0.4 is 10.2 Å². The Morgan fingerprint density at radius 3 is 3.07 bits per heavy atom. The number of anilines is 1. The lowest BCUT2D eigenvalue weighted by atomic mass is 10.1. The van der Waals surface area contributed by atoms with Gasteiger partial charge in [-0.15, -0.1) is 0 Å². The van der Waals surface area contributed by atoms with Crippen molar-refractivity contribution in [1.29, 1.82) is 0 Å². The molecule has 14 heavy (non-hydrogen) atoms. The van der Waals surface area contributed by atoms with Crippen LogP contribution in [0.1, 0.15) is 18.1 Å². The maximum Gasteiger partial charge on any atom is 0.0414 e. The summed E-state index contributed by atoms with van der Waals surface area (Å²) in [7, 11) is 0. The summed E-state index contributed by atoms with van der Waals surface area (Å²) in [5.74, 6) is 0. The van der Waals surface area contributed by atoms with Crippen molar-refractivity contribution < 1.29 is 0 Å². The van der Waals surface area contributed by atoms with E-state index in [1.165, 1.54) is 16.8 Å². The van der Waals surface area contributed by atoms with Crippen LogP contribution in [0, 0.1) is 6.92 Å². The highest BCUT2D eigenvalue weighted by Crippen LogP contribution is 2.23. The van der Waals surface area contributed by atoms with Gasteiger partial charge in [0.05, 0.1) is 0 Å². The molecule has 2 rings (SSSR count). The molecule has 2 nitrogen and oxygen atoms in total. The van der Waals surface area contributed by atoms with Gasteiger partial charge >= 0.3 is 0 Å². The number of fused-ring (bicyclic) bond motifs is 1. The number of hydrogen-bond donors (Lipinski definition) is 1. The summed E-state index contributed by atoms with van der Waals surface area (Å²) in [4.78, 5) is 2.45. The number of nitrogens with one attached hydrogen (secondary N) is 1. The molecule has 0 bridgehead atoms. The molecule has 0 atom stereocenters. The molecule has 1 aliphatic rings. The Morgan fingerprint density at radius 2 is 2.29 bits per heavy atom. The summed E-state index contributed by atoms with van der Waals surface area (Å²) in [5.41, 5.74) is 4.19. The minimum absolute atomic E-state index is 1.01. The lowest BCUT2D eigenvalue weighted by molar-refractivity contribution is 0.695. The Bertz CT molecular complexity index is 320. The number of benzene rings is 1. The molecule has 0 unspecified atom stereocenters. The highest BCUT2D eigenvalue weighted by Gasteiger charge is 2.12. The Morgan fingerprint density at radius 1 is 1.43 bits per heavy atom. The zero-order valence-corrected chi connectivity index (χ0v) is 9.01. The fourth-order valence-corrected chi connectivity index (χ4v) is 2.00. The van der Waals surface area contributed by atoms with E-state index in [-0.39, 0.29) is 0 Å². The average Bonchev–Trinajstić information content (AvgIpc) is 2.39. The number of hydrogen-bond acceptors (Lipinski definition) is 2. The third kappa shape index (κ3) is 1.75. The van der Waals surface area contributed by atoms with Crippen LogP contribution in [-0.2, 0) is 6.54 Å². The topological polar surface area (TPSA) is 15.3 Å². The summed E-state index contributed by atoms with van der Waals surface area (Å²) in [6.07, 6.45) is 0. The first kappa shape index (κ1) is 9.53. The zero-order valence-electron chi connectivity index (χ0n) is 9.01. The van der Waals surface area contributed by atoms with E-state index in [9.17, 15) is 0 Å². The summed E-state index contributed by atoms with van der Waals surface area (Å²) >= 11 is 0. The van der Waals surface area contributed by atoms with E-state index in [1.54, 1.807) is 0 Å². The molecule has 0 spiro atoms. The summed E-state index contributed by atoms with van der Waals surface area (Å²) < 4.78 is 0. The van der Waals surface area contributed by atoms with Gasteiger partial charge in [-0.25, -0.2) is 0 Å². The second kappa shape index (κ2) is 4.01. The van der Waals surface area contributed by atoms with Gasteiger partial charge in [0, 0.05) is 31.9 Å². The van der Waals surface area contributed by atoms with Crippen LogP contribution >= 0.6 is 0 Å². The van der Waals surface area contributed by atoms with Crippen LogP contribution in [0.3, 0.4) is 0 Å². The van der Waals surface area contributed by atoms with Crippen LogP contribution in [0.25, 0.3) is 0 Å². The summed E-state index contributed by atoms with van der Waals surface area (Å²) in [6, 6.07) is 6.73. The second-order valence-electron chi connectivity index (χ2n) is 3.89. The van der Waals surface area contributed by atoms with E-state index in [4.69, 9.17) is 0 Å². The van der Waals surface area contributed by atoms with Gasteiger partial charge in [-0.2, -0.15) is 0 Å². The third-order valence-corrected chi connectivity index (χ3v) is 2.84. The fraction of sp³-hybridized carbons (Fsp3) is 0.500. The number of aryl methyl sites for hydroxylation is 1. The molecule has 0 radical (unpaired) electrons. The molecule has 0 aromatic heterocycles. The van der Waals surface area contributed by atoms with Crippen LogP contribution in [0.4, 0.5) is 5.69 Å². The molecule has 0 saturated heterocycles. The van der Waals surface area contributed by atoms with Crippen LogP contribution in [0.5, 0.6) is 0 Å². The quantitative estimate of drug-likeness (QED) is 0.728. The van der Waals surface area contributed by atoms with Gasteiger partial charge in [0.1, 0.15) is 0 Å². The molecule has 0 aliphatic carbocycles. The van der Waals surface area contributed by atoms with E-state index in [2.05, 4.69) is 42.3 Å². The Balaban J connectivity index is 2.40. The first-order chi connectivity index (χ1) is 6.81. The van der Waals surface area contributed by atoms with Gasteiger partial charge in [-0.05, 0) is 31.0 Å². The molecular weight excluding hydrogens is 172 g/mol.